The smallest absolute Gasteiger partial charge is 0.337 e. The van der Waals surface area contributed by atoms with Crippen molar-refractivity contribution in [2.75, 3.05) is 13.1 Å². The van der Waals surface area contributed by atoms with Crippen LogP contribution in [0.15, 0.2) is 30.9 Å². The second-order valence-electron chi connectivity index (χ2n) is 6.31. The van der Waals surface area contributed by atoms with Crippen LogP contribution in [-0.4, -0.2) is 49.9 Å². The van der Waals surface area contributed by atoms with E-state index in [1.807, 2.05) is 4.90 Å². The first-order valence-corrected chi connectivity index (χ1v) is 8.28. The monoisotopic (exact) mass is 340 g/mol. The topological polar surface area (TPSA) is 96.3 Å². The summed E-state index contributed by atoms with van der Waals surface area (Å²) in [7, 11) is 0. The van der Waals surface area contributed by atoms with Crippen LogP contribution in [0.1, 0.15) is 35.8 Å². The lowest BCUT2D eigenvalue weighted by Gasteiger charge is -2.31. The fourth-order valence-corrected chi connectivity index (χ4v) is 3.05. The first kappa shape index (κ1) is 17.0. The summed E-state index contributed by atoms with van der Waals surface area (Å²) in [5, 5.41) is 9.03. The van der Waals surface area contributed by atoms with Crippen LogP contribution in [0, 0.1) is 5.92 Å². The van der Waals surface area contributed by atoms with Gasteiger partial charge in [0.25, 0.3) is 0 Å². The Morgan fingerprint density at radius 1 is 1.16 bits per heavy atom. The second kappa shape index (κ2) is 7.38. The largest absolute Gasteiger partial charge is 0.478 e. The molecule has 0 radical (unpaired) electrons. The van der Waals surface area contributed by atoms with Gasteiger partial charge in [0.05, 0.1) is 23.1 Å². The summed E-state index contributed by atoms with van der Waals surface area (Å²) >= 11 is 0. The Kier molecular flexibility index (Phi) is 5.02. The highest BCUT2D eigenvalue weighted by Crippen LogP contribution is 2.22. The molecule has 1 N–H and O–H groups in total. The zero-order chi connectivity index (χ0) is 17.8. The lowest BCUT2D eigenvalue weighted by atomic mass is 9.92. The molecule has 0 unspecified atom stereocenters. The van der Waals surface area contributed by atoms with E-state index in [9.17, 15) is 9.59 Å². The normalized spacial score (nSPS) is 15.2. The van der Waals surface area contributed by atoms with Crippen LogP contribution in [0.2, 0.25) is 0 Å². The van der Waals surface area contributed by atoms with Gasteiger partial charge in [-0.3, -0.25) is 19.7 Å². The molecular formula is C18H20N4O3. The number of carbonyl (C=O) groups excluding carboxylic acids is 1. The number of pyridine rings is 1. The van der Waals surface area contributed by atoms with E-state index in [-0.39, 0.29) is 11.5 Å². The first-order valence-electron chi connectivity index (χ1n) is 8.28. The molecule has 3 heterocycles. The average molecular weight is 340 g/mol. The predicted molar refractivity (Wildman–Crippen MR) is 90.9 cm³/mol. The third kappa shape index (κ3) is 4.17. The number of hydrogen-bond donors (Lipinski definition) is 1. The Morgan fingerprint density at radius 2 is 1.92 bits per heavy atom. The SMILES string of the molecule is CC(=O)N1CCC(Cc2cnc(-c3cncc(C(=O)O)c3)cn2)CC1. The van der Waals surface area contributed by atoms with E-state index >= 15 is 0 Å². The fraction of sp³-hybridized carbons (Fsp3) is 0.389. The third-order valence-corrected chi connectivity index (χ3v) is 4.54. The number of rotatable bonds is 4. The van der Waals surface area contributed by atoms with Gasteiger partial charge >= 0.3 is 5.97 Å². The van der Waals surface area contributed by atoms with Gasteiger partial charge in [0, 0.05) is 44.2 Å². The van der Waals surface area contributed by atoms with Gasteiger partial charge < -0.3 is 10.0 Å². The van der Waals surface area contributed by atoms with E-state index in [0.29, 0.717) is 17.2 Å². The fourth-order valence-electron chi connectivity index (χ4n) is 3.05. The number of carbonyl (C=O) groups is 2. The van der Waals surface area contributed by atoms with Gasteiger partial charge in [0.2, 0.25) is 5.91 Å². The van der Waals surface area contributed by atoms with Crippen molar-refractivity contribution < 1.29 is 14.7 Å². The molecule has 2 aromatic rings. The van der Waals surface area contributed by atoms with Crippen molar-refractivity contribution in [2.45, 2.75) is 26.2 Å². The molecule has 130 valence electrons. The van der Waals surface area contributed by atoms with Crippen molar-refractivity contribution >= 4 is 11.9 Å². The van der Waals surface area contributed by atoms with Gasteiger partial charge in [-0.1, -0.05) is 0 Å². The number of aromatic carboxylic acids is 1. The average Bonchev–Trinajstić information content (AvgIpc) is 2.63. The number of hydrogen-bond acceptors (Lipinski definition) is 5. The molecule has 1 aliphatic rings. The van der Waals surface area contributed by atoms with Crippen LogP contribution in [0.3, 0.4) is 0 Å². The van der Waals surface area contributed by atoms with Gasteiger partial charge in [-0.05, 0) is 31.2 Å². The van der Waals surface area contributed by atoms with Gasteiger partial charge in [-0.25, -0.2) is 4.79 Å². The van der Waals surface area contributed by atoms with E-state index in [2.05, 4.69) is 15.0 Å². The zero-order valence-electron chi connectivity index (χ0n) is 14.1. The summed E-state index contributed by atoms with van der Waals surface area (Å²) in [6.45, 7) is 3.22. The Bertz CT molecular complexity index is 768. The molecule has 1 fully saturated rings. The molecule has 7 nitrogen and oxygen atoms in total. The molecule has 7 heteroatoms. The molecule has 0 aliphatic carbocycles. The third-order valence-electron chi connectivity index (χ3n) is 4.54. The summed E-state index contributed by atoms with van der Waals surface area (Å²) in [5.74, 6) is -0.372. The van der Waals surface area contributed by atoms with Crippen LogP contribution in [0.5, 0.6) is 0 Å². The molecule has 0 saturated carbocycles. The number of aromatic nitrogens is 3. The molecule has 3 rings (SSSR count). The number of amides is 1. The highest BCUT2D eigenvalue weighted by Gasteiger charge is 2.21. The maximum Gasteiger partial charge on any atom is 0.337 e. The zero-order valence-corrected chi connectivity index (χ0v) is 14.1. The van der Waals surface area contributed by atoms with Crippen LogP contribution in [0.25, 0.3) is 11.3 Å². The van der Waals surface area contributed by atoms with Gasteiger partial charge in [0.1, 0.15) is 0 Å². The Balaban J connectivity index is 1.64. The molecule has 0 spiro atoms. The maximum atomic E-state index is 11.4. The standard InChI is InChI=1S/C18H20N4O3/c1-12(23)22-4-2-13(3-5-22)6-16-10-21-17(11-20-16)14-7-15(18(24)25)9-19-8-14/h7-11,13H,2-6H2,1H3,(H,24,25). The van der Waals surface area contributed by atoms with Crippen molar-refractivity contribution in [1.29, 1.82) is 0 Å². The van der Waals surface area contributed by atoms with Crippen LogP contribution >= 0.6 is 0 Å². The number of likely N-dealkylation sites (tertiary alicyclic amines) is 1. The summed E-state index contributed by atoms with van der Waals surface area (Å²) in [6.07, 6.45) is 9.07. The molecule has 1 aliphatic heterocycles. The molecule has 1 saturated heterocycles. The number of carboxylic acids is 1. The minimum atomic E-state index is -1.02. The lowest BCUT2D eigenvalue weighted by Crippen LogP contribution is -2.37. The van der Waals surface area contributed by atoms with E-state index < -0.39 is 5.97 Å². The highest BCUT2D eigenvalue weighted by molar-refractivity contribution is 5.88. The second-order valence-corrected chi connectivity index (χ2v) is 6.31. The van der Waals surface area contributed by atoms with Gasteiger partial charge in [0.15, 0.2) is 0 Å². The molecule has 0 aromatic carbocycles. The van der Waals surface area contributed by atoms with Crippen molar-refractivity contribution in [3.63, 3.8) is 0 Å². The lowest BCUT2D eigenvalue weighted by molar-refractivity contribution is -0.130. The highest BCUT2D eigenvalue weighted by atomic mass is 16.4. The molecule has 1 amide bonds. The van der Waals surface area contributed by atoms with E-state index in [4.69, 9.17) is 5.11 Å². The van der Waals surface area contributed by atoms with E-state index in [0.717, 1.165) is 38.0 Å². The van der Waals surface area contributed by atoms with Crippen molar-refractivity contribution in [2.24, 2.45) is 5.92 Å². The predicted octanol–water partition coefficient (Wildman–Crippen LogP) is 2.04. The molecule has 0 bridgehead atoms. The molecular weight excluding hydrogens is 320 g/mol. The van der Waals surface area contributed by atoms with Gasteiger partial charge in [-0.15, -0.1) is 0 Å². The quantitative estimate of drug-likeness (QED) is 0.915. The Hall–Kier alpha value is -2.83. The summed E-state index contributed by atoms with van der Waals surface area (Å²) in [4.78, 5) is 37.1. The molecule has 2 aromatic heterocycles. The van der Waals surface area contributed by atoms with Crippen LogP contribution in [-0.2, 0) is 11.2 Å². The minimum absolute atomic E-state index is 0.126. The molecule has 0 atom stereocenters. The van der Waals surface area contributed by atoms with E-state index in [1.165, 1.54) is 12.3 Å². The summed E-state index contributed by atoms with van der Waals surface area (Å²) in [6, 6.07) is 1.54. The Labute approximate surface area is 145 Å². The molecule has 25 heavy (non-hydrogen) atoms. The number of carboxylic acid groups (broad SMARTS) is 1. The van der Waals surface area contributed by atoms with E-state index in [1.54, 1.807) is 25.5 Å². The number of piperidine rings is 1. The maximum absolute atomic E-state index is 11.4. The van der Waals surface area contributed by atoms with Crippen LogP contribution in [0.4, 0.5) is 0 Å². The minimum Gasteiger partial charge on any atom is -0.478 e. The van der Waals surface area contributed by atoms with Crippen LogP contribution < -0.4 is 0 Å². The van der Waals surface area contributed by atoms with Crippen molar-refractivity contribution in [3.8, 4) is 11.3 Å². The number of nitrogens with zero attached hydrogens (tertiary/aromatic N) is 4. The van der Waals surface area contributed by atoms with Gasteiger partial charge in [-0.2, -0.15) is 0 Å². The summed E-state index contributed by atoms with van der Waals surface area (Å²) < 4.78 is 0. The first-order chi connectivity index (χ1) is 12.0. The summed E-state index contributed by atoms with van der Waals surface area (Å²) in [5.41, 5.74) is 2.27. The Morgan fingerprint density at radius 3 is 2.52 bits per heavy atom. The van der Waals surface area contributed by atoms with Crippen molar-refractivity contribution in [3.05, 3.63) is 42.1 Å². The van der Waals surface area contributed by atoms with Crippen molar-refractivity contribution in [1.82, 2.24) is 19.9 Å².